The van der Waals surface area contributed by atoms with Gasteiger partial charge in [0.25, 0.3) is 0 Å². The van der Waals surface area contributed by atoms with E-state index in [1.165, 1.54) is 11.9 Å². The summed E-state index contributed by atoms with van der Waals surface area (Å²) in [6.07, 6.45) is 3.64. The van der Waals surface area contributed by atoms with E-state index in [1.54, 1.807) is 12.4 Å². The molecule has 0 bridgehead atoms. The van der Waals surface area contributed by atoms with Gasteiger partial charge in [0.05, 0.1) is 18.3 Å². The zero-order valence-corrected chi connectivity index (χ0v) is 8.67. The number of aryl methyl sites for hydroxylation is 1. The van der Waals surface area contributed by atoms with Crippen LogP contribution in [-0.4, -0.2) is 21.8 Å². The number of carboxylic acid groups (broad SMARTS) is 1. The molecular weight excluding hydrogens is 200 g/mol. The highest BCUT2D eigenvalue weighted by Gasteiger charge is 1.97. The van der Waals surface area contributed by atoms with Crippen LogP contribution in [0.1, 0.15) is 12.0 Å². The highest BCUT2D eigenvalue weighted by Crippen LogP contribution is 2.12. The molecule has 0 fully saturated rings. The molecule has 0 aliphatic heterocycles. The molecule has 1 heterocycles. The van der Waals surface area contributed by atoms with Crippen molar-refractivity contribution in [2.45, 2.75) is 13.3 Å². The number of rotatable bonds is 5. The third-order valence-corrected chi connectivity index (χ3v) is 2.27. The molecule has 1 aromatic rings. The van der Waals surface area contributed by atoms with Gasteiger partial charge in [-0.15, -0.1) is 0 Å². The topological polar surface area (TPSA) is 62.2 Å². The van der Waals surface area contributed by atoms with Crippen LogP contribution in [0.5, 0.6) is 0 Å². The highest BCUT2D eigenvalue weighted by atomic mass is 32.2. The molecule has 0 radical (unpaired) electrons. The van der Waals surface area contributed by atoms with Crippen molar-refractivity contribution in [1.29, 1.82) is 0 Å². The first-order valence-electron chi connectivity index (χ1n) is 4.20. The Bertz CT molecular complexity index is 317. The summed E-state index contributed by atoms with van der Waals surface area (Å²) in [6.45, 7) is 1.96. The van der Waals surface area contributed by atoms with Crippen molar-refractivity contribution in [3.63, 3.8) is 0 Å². The molecule has 0 spiro atoms. The van der Waals surface area contributed by atoms with E-state index in [-0.39, 0.29) is 6.42 Å². The summed E-state index contributed by atoms with van der Waals surface area (Å²) in [6, 6.07) is 1.96. The molecule has 4 nitrogen and oxygen atoms in total. The molecule has 0 saturated heterocycles. The van der Waals surface area contributed by atoms with Gasteiger partial charge in [0, 0.05) is 11.9 Å². The Morgan fingerprint density at radius 2 is 2.43 bits per heavy atom. The standard InChI is InChI=1S/C9H12N2O2S/c1-7-4-8(6-10-5-7)11-14-3-2-9(12)13/h4-6,11H,2-3H2,1H3,(H,12,13). The van der Waals surface area contributed by atoms with Crippen LogP contribution in [0.25, 0.3) is 0 Å². The maximum absolute atomic E-state index is 10.2. The third kappa shape index (κ3) is 4.13. The van der Waals surface area contributed by atoms with E-state index in [4.69, 9.17) is 5.11 Å². The van der Waals surface area contributed by atoms with E-state index in [0.717, 1.165) is 11.3 Å². The van der Waals surface area contributed by atoms with Crippen molar-refractivity contribution in [2.75, 3.05) is 10.5 Å². The fourth-order valence-electron chi connectivity index (χ4n) is 0.883. The van der Waals surface area contributed by atoms with Crippen molar-refractivity contribution in [3.8, 4) is 0 Å². The van der Waals surface area contributed by atoms with Gasteiger partial charge in [0.1, 0.15) is 0 Å². The predicted octanol–water partition coefficient (Wildman–Crippen LogP) is 1.92. The minimum Gasteiger partial charge on any atom is -0.481 e. The van der Waals surface area contributed by atoms with Gasteiger partial charge in [0.2, 0.25) is 0 Å². The lowest BCUT2D eigenvalue weighted by Crippen LogP contribution is -1.98. The monoisotopic (exact) mass is 212 g/mol. The van der Waals surface area contributed by atoms with Crippen LogP contribution in [0.3, 0.4) is 0 Å². The van der Waals surface area contributed by atoms with E-state index in [9.17, 15) is 4.79 Å². The molecule has 0 aliphatic carbocycles. The summed E-state index contributed by atoms with van der Waals surface area (Å²) < 4.78 is 3.03. The van der Waals surface area contributed by atoms with Crippen LogP contribution >= 0.6 is 11.9 Å². The van der Waals surface area contributed by atoms with Gasteiger partial charge in [-0.1, -0.05) is 11.9 Å². The minimum absolute atomic E-state index is 0.164. The van der Waals surface area contributed by atoms with Crippen LogP contribution in [0.15, 0.2) is 18.5 Å². The highest BCUT2D eigenvalue weighted by molar-refractivity contribution is 8.00. The van der Waals surface area contributed by atoms with E-state index in [2.05, 4.69) is 9.71 Å². The Hall–Kier alpha value is -1.23. The zero-order valence-electron chi connectivity index (χ0n) is 7.86. The lowest BCUT2D eigenvalue weighted by molar-refractivity contribution is -0.136. The van der Waals surface area contributed by atoms with E-state index >= 15 is 0 Å². The average molecular weight is 212 g/mol. The molecule has 5 heteroatoms. The van der Waals surface area contributed by atoms with Gasteiger partial charge >= 0.3 is 5.97 Å². The Morgan fingerprint density at radius 3 is 3.07 bits per heavy atom. The molecule has 1 rings (SSSR count). The molecule has 76 valence electrons. The average Bonchev–Trinajstić information content (AvgIpc) is 2.12. The van der Waals surface area contributed by atoms with Crippen molar-refractivity contribution < 1.29 is 9.90 Å². The number of carboxylic acids is 1. The number of hydrogen-bond donors (Lipinski definition) is 2. The number of hydrogen-bond acceptors (Lipinski definition) is 4. The first-order valence-corrected chi connectivity index (χ1v) is 5.18. The van der Waals surface area contributed by atoms with Crippen LogP contribution in [0, 0.1) is 6.92 Å². The number of aromatic nitrogens is 1. The maximum atomic E-state index is 10.2. The predicted molar refractivity (Wildman–Crippen MR) is 57.3 cm³/mol. The first kappa shape index (κ1) is 10.8. The molecule has 0 saturated carbocycles. The molecule has 0 amide bonds. The van der Waals surface area contributed by atoms with Gasteiger partial charge < -0.3 is 9.83 Å². The fraction of sp³-hybridized carbons (Fsp3) is 0.333. The van der Waals surface area contributed by atoms with E-state index in [1.807, 2.05) is 13.0 Å². The lowest BCUT2D eigenvalue weighted by atomic mass is 10.3. The molecule has 14 heavy (non-hydrogen) atoms. The molecule has 0 unspecified atom stereocenters. The van der Waals surface area contributed by atoms with Crippen molar-refractivity contribution in [1.82, 2.24) is 4.98 Å². The minimum atomic E-state index is -0.776. The van der Waals surface area contributed by atoms with Gasteiger partial charge in [-0.3, -0.25) is 9.78 Å². The number of carbonyl (C=O) groups is 1. The summed E-state index contributed by atoms with van der Waals surface area (Å²) in [5.74, 6) is -0.231. The zero-order chi connectivity index (χ0) is 10.4. The van der Waals surface area contributed by atoms with Gasteiger partial charge in [-0.25, -0.2) is 0 Å². The van der Waals surface area contributed by atoms with Crippen LogP contribution < -0.4 is 4.72 Å². The molecular formula is C9H12N2O2S. The smallest absolute Gasteiger partial charge is 0.304 e. The van der Waals surface area contributed by atoms with Crippen LogP contribution in [-0.2, 0) is 4.79 Å². The van der Waals surface area contributed by atoms with Crippen molar-refractivity contribution >= 4 is 23.6 Å². The SMILES string of the molecule is Cc1cncc(NSCCC(=O)O)c1. The summed E-state index contributed by atoms with van der Waals surface area (Å²) in [4.78, 5) is 14.2. The second-order valence-electron chi connectivity index (χ2n) is 2.85. The van der Waals surface area contributed by atoms with Gasteiger partial charge in [-0.2, -0.15) is 0 Å². The number of aliphatic carboxylic acids is 1. The second-order valence-corrected chi connectivity index (χ2v) is 3.75. The summed E-state index contributed by atoms with van der Waals surface area (Å²) in [5.41, 5.74) is 1.98. The summed E-state index contributed by atoms with van der Waals surface area (Å²) >= 11 is 1.37. The van der Waals surface area contributed by atoms with Gasteiger partial charge in [-0.05, 0) is 18.6 Å². The Morgan fingerprint density at radius 1 is 1.64 bits per heavy atom. The van der Waals surface area contributed by atoms with Crippen molar-refractivity contribution in [2.24, 2.45) is 0 Å². The van der Waals surface area contributed by atoms with E-state index < -0.39 is 5.97 Å². The van der Waals surface area contributed by atoms with Crippen LogP contribution in [0.4, 0.5) is 5.69 Å². The summed E-state index contributed by atoms with van der Waals surface area (Å²) in [7, 11) is 0. The quantitative estimate of drug-likeness (QED) is 0.576. The Kier molecular flexibility index (Phi) is 4.25. The maximum Gasteiger partial charge on any atom is 0.304 e. The van der Waals surface area contributed by atoms with Gasteiger partial charge in [0.15, 0.2) is 0 Å². The molecule has 0 aromatic carbocycles. The number of pyridine rings is 1. The van der Waals surface area contributed by atoms with Crippen LogP contribution in [0.2, 0.25) is 0 Å². The number of anilines is 1. The largest absolute Gasteiger partial charge is 0.481 e. The fourth-order valence-corrected chi connectivity index (χ4v) is 1.54. The van der Waals surface area contributed by atoms with Crippen molar-refractivity contribution in [3.05, 3.63) is 24.0 Å². The Balaban J connectivity index is 2.28. The molecule has 2 N–H and O–H groups in total. The summed E-state index contributed by atoms with van der Waals surface area (Å²) in [5, 5.41) is 8.40. The number of nitrogens with zero attached hydrogens (tertiary/aromatic N) is 1. The molecule has 1 aromatic heterocycles. The normalized spacial score (nSPS) is 9.79. The first-order chi connectivity index (χ1) is 6.68. The van der Waals surface area contributed by atoms with E-state index in [0.29, 0.717) is 5.75 Å². The lowest BCUT2D eigenvalue weighted by Gasteiger charge is -2.03. The third-order valence-electron chi connectivity index (χ3n) is 1.48. The Labute approximate surface area is 86.9 Å². The molecule has 0 atom stereocenters. The second kappa shape index (κ2) is 5.49. The molecule has 0 aliphatic rings. The number of nitrogens with one attached hydrogen (secondary N) is 1.